The molecule has 2 rings (SSSR count). The van der Waals surface area contributed by atoms with Crippen molar-refractivity contribution in [3.63, 3.8) is 0 Å². The van der Waals surface area contributed by atoms with E-state index in [4.69, 9.17) is 5.26 Å². The van der Waals surface area contributed by atoms with Crippen molar-refractivity contribution in [2.45, 2.75) is 24.9 Å². The van der Waals surface area contributed by atoms with Crippen LogP contribution in [0.5, 0.6) is 0 Å². The fourth-order valence-corrected chi connectivity index (χ4v) is 1.46. The molecule has 1 fully saturated rings. The lowest BCUT2D eigenvalue weighted by molar-refractivity contribution is 0.151. The van der Waals surface area contributed by atoms with E-state index in [1.165, 1.54) is 0 Å². The van der Waals surface area contributed by atoms with Gasteiger partial charge in [-0.05, 0) is 24.5 Å². The Balaban J connectivity index is 2.25. The highest BCUT2D eigenvalue weighted by Gasteiger charge is 2.40. The fraction of sp³-hybridized carbons (Fsp3) is 0.364. The van der Waals surface area contributed by atoms with E-state index >= 15 is 0 Å². The molecule has 13 heavy (non-hydrogen) atoms. The number of hydrogen-bond acceptors (Lipinski definition) is 2. The van der Waals surface area contributed by atoms with E-state index in [0.717, 1.165) is 18.4 Å². The summed E-state index contributed by atoms with van der Waals surface area (Å²) in [5.74, 6) is 0. The predicted octanol–water partition coefficient (Wildman–Crippen LogP) is 1.63. The number of hydrogen-bond donors (Lipinski definition) is 1. The normalized spacial score (nSPS) is 17.8. The third-order valence-corrected chi connectivity index (χ3v) is 2.48. The van der Waals surface area contributed by atoms with Gasteiger partial charge in [-0.2, -0.15) is 5.26 Å². The first-order valence-electron chi connectivity index (χ1n) is 4.44. The SMILES string of the molecule is N#Cc1ccccc1CC1(O)CC1. The number of nitrogens with zero attached hydrogens (tertiary/aromatic N) is 1. The number of rotatable bonds is 2. The molecule has 0 unspecified atom stereocenters. The molecule has 0 bridgehead atoms. The summed E-state index contributed by atoms with van der Waals surface area (Å²) in [7, 11) is 0. The number of aliphatic hydroxyl groups is 1. The molecule has 0 aromatic heterocycles. The van der Waals surface area contributed by atoms with Crippen molar-refractivity contribution in [3.05, 3.63) is 35.4 Å². The predicted molar refractivity (Wildman–Crippen MR) is 49.0 cm³/mol. The minimum atomic E-state index is -0.507. The first-order chi connectivity index (χ1) is 6.23. The molecule has 2 nitrogen and oxygen atoms in total. The number of nitriles is 1. The maximum Gasteiger partial charge on any atom is 0.0994 e. The average Bonchev–Trinajstić information content (AvgIpc) is 2.84. The van der Waals surface area contributed by atoms with Crippen molar-refractivity contribution in [1.29, 1.82) is 5.26 Å². The van der Waals surface area contributed by atoms with Gasteiger partial charge in [0.2, 0.25) is 0 Å². The van der Waals surface area contributed by atoms with Gasteiger partial charge in [-0.15, -0.1) is 0 Å². The lowest BCUT2D eigenvalue weighted by Crippen LogP contribution is -2.11. The van der Waals surface area contributed by atoms with Crippen LogP contribution in [0.1, 0.15) is 24.0 Å². The summed E-state index contributed by atoms with van der Waals surface area (Å²) in [6.07, 6.45) is 2.36. The van der Waals surface area contributed by atoms with Crippen LogP contribution in [0.15, 0.2) is 24.3 Å². The van der Waals surface area contributed by atoms with Crippen LogP contribution in [0.2, 0.25) is 0 Å². The molecule has 1 aromatic carbocycles. The summed E-state index contributed by atoms with van der Waals surface area (Å²) in [5.41, 5.74) is 1.14. The summed E-state index contributed by atoms with van der Waals surface area (Å²) in [5, 5.41) is 18.5. The molecular weight excluding hydrogens is 162 g/mol. The molecule has 0 radical (unpaired) electrons. The average molecular weight is 173 g/mol. The van der Waals surface area contributed by atoms with Crippen molar-refractivity contribution in [2.75, 3.05) is 0 Å². The van der Waals surface area contributed by atoms with Gasteiger partial charge in [0.15, 0.2) is 0 Å². The van der Waals surface area contributed by atoms with Crippen molar-refractivity contribution in [3.8, 4) is 6.07 Å². The van der Waals surface area contributed by atoms with Crippen LogP contribution in [-0.4, -0.2) is 10.7 Å². The molecule has 0 amide bonds. The quantitative estimate of drug-likeness (QED) is 0.738. The molecule has 0 spiro atoms. The van der Waals surface area contributed by atoms with Gasteiger partial charge in [0.05, 0.1) is 17.2 Å². The third-order valence-electron chi connectivity index (χ3n) is 2.48. The minimum Gasteiger partial charge on any atom is -0.390 e. The molecule has 1 aliphatic rings. The second-order valence-corrected chi connectivity index (χ2v) is 3.67. The Bertz CT molecular complexity index is 361. The first-order valence-corrected chi connectivity index (χ1v) is 4.44. The summed E-state index contributed by atoms with van der Waals surface area (Å²) in [6, 6.07) is 9.59. The molecule has 66 valence electrons. The smallest absolute Gasteiger partial charge is 0.0994 e. The van der Waals surface area contributed by atoms with E-state index in [1.54, 1.807) is 6.07 Å². The van der Waals surface area contributed by atoms with Crippen LogP contribution in [0.3, 0.4) is 0 Å². The summed E-state index contributed by atoms with van der Waals surface area (Å²) >= 11 is 0. The molecule has 1 aliphatic carbocycles. The zero-order chi connectivity index (χ0) is 9.31. The second-order valence-electron chi connectivity index (χ2n) is 3.67. The maximum absolute atomic E-state index is 9.69. The Morgan fingerprint density at radius 1 is 1.38 bits per heavy atom. The fourth-order valence-electron chi connectivity index (χ4n) is 1.46. The molecule has 1 N–H and O–H groups in total. The molecule has 0 aliphatic heterocycles. The number of benzene rings is 1. The van der Waals surface area contributed by atoms with E-state index in [2.05, 4.69) is 6.07 Å². The molecule has 2 heteroatoms. The van der Waals surface area contributed by atoms with Crippen molar-refractivity contribution in [1.82, 2.24) is 0 Å². The summed E-state index contributed by atoms with van der Waals surface area (Å²) < 4.78 is 0. The zero-order valence-electron chi connectivity index (χ0n) is 7.33. The van der Waals surface area contributed by atoms with E-state index in [1.807, 2.05) is 18.2 Å². The topological polar surface area (TPSA) is 44.0 Å². The van der Waals surface area contributed by atoms with Crippen LogP contribution in [0.4, 0.5) is 0 Å². The van der Waals surface area contributed by atoms with Gasteiger partial charge in [-0.3, -0.25) is 0 Å². The van der Waals surface area contributed by atoms with Crippen LogP contribution in [-0.2, 0) is 6.42 Å². The molecule has 0 heterocycles. The van der Waals surface area contributed by atoms with Gasteiger partial charge >= 0.3 is 0 Å². The van der Waals surface area contributed by atoms with Crippen molar-refractivity contribution in [2.24, 2.45) is 0 Å². The van der Waals surface area contributed by atoms with E-state index in [-0.39, 0.29) is 0 Å². The minimum absolute atomic E-state index is 0.507. The maximum atomic E-state index is 9.69. The monoisotopic (exact) mass is 173 g/mol. The second kappa shape index (κ2) is 2.86. The Morgan fingerprint density at radius 3 is 2.69 bits per heavy atom. The van der Waals surface area contributed by atoms with Crippen LogP contribution in [0.25, 0.3) is 0 Å². The lowest BCUT2D eigenvalue weighted by atomic mass is 10.0. The highest BCUT2D eigenvalue weighted by molar-refractivity contribution is 5.38. The molecule has 1 aromatic rings. The highest BCUT2D eigenvalue weighted by Crippen LogP contribution is 2.38. The zero-order valence-corrected chi connectivity index (χ0v) is 7.33. The van der Waals surface area contributed by atoms with Crippen molar-refractivity contribution >= 4 is 0 Å². The van der Waals surface area contributed by atoms with Gasteiger partial charge in [0.25, 0.3) is 0 Å². The van der Waals surface area contributed by atoms with Crippen LogP contribution >= 0.6 is 0 Å². The van der Waals surface area contributed by atoms with Gasteiger partial charge in [0, 0.05) is 6.42 Å². The summed E-state index contributed by atoms with van der Waals surface area (Å²) in [4.78, 5) is 0. The molecule has 1 saturated carbocycles. The van der Waals surface area contributed by atoms with Crippen LogP contribution in [0, 0.1) is 11.3 Å². The molecule has 0 atom stereocenters. The molecule has 0 saturated heterocycles. The Labute approximate surface area is 77.4 Å². The largest absolute Gasteiger partial charge is 0.390 e. The van der Waals surface area contributed by atoms with Gasteiger partial charge in [-0.25, -0.2) is 0 Å². The van der Waals surface area contributed by atoms with E-state index < -0.39 is 5.60 Å². The first kappa shape index (κ1) is 8.28. The van der Waals surface area contributed by atoms with Gasteiger partial charge in [-0.1, -0.05) is 18.2 Å². The van der Waals surface area contributed by atoms with Crippen molar-refractivity contribution < 1.29 is 5.11 Å². The van der Waals surface area contributed by atoms with E-state index in [0.29, 0.717) is 12.0 Å². The van der Waals surface area contributed by atoms with Crippen LogP contribution < -0.4 is 0 Å². The highest BCUT2D eigenvalue weighted by atomic mass is 16.3. The standard InChI is InChI=1S/C11H11NO/c12-8-10-4-2-1-3-9(10)7-11(13)5-6-11/h1-4,13H,5-7H2. The Morgan fingerprint density at radius 2 is 2.08 bits per heavy atom. The molecular formula is C11H11NO. The Hall–Kier alpha value is -1.33. The third kappa shape index (κ3) is 1.71. The lowest BCUT2D eigenvalue weighted by Gasteiger charge is -2.08. The summed E-state index contributed by atoms with van der Waals surface area (Å²) in [6.45, 7) is 0. The van der Waals surface area contributed by atoms with E-state index in [9.17, 15) is 5.11 Å². The van der Waals surface area contributed by atoms with Gasteiger partial charge in [0.1, 0.15) is 0 Å². The Kier molecular flexibility index (Phi) is 1.82. The van der Waals surface area contributed by atoms with Gasteiger partial charge < -0.3 is 5.11 Å².